The summed E-state index contributed by atoms with van der Waals surface area (Å²) in [6, 6.07) is 9.99. The summed E-state index contributed by atoms with van der Waals surface area (Å²) in [5.41, 5.74) is 2.83. The zero-order valence-electron chi connectivity index (χ0n) is 14.1. The summed E-state index contributed by atoms with van der Waals surface area (Å²) in [6.07, 6.45) is 3.67. The first-order valence-electron chi connectivity index (χ1n) is 8.42. The van der Waals surface area contributed by atoms with Crippen LogP contribution in [0.3, 0.4) is 0 Å². The molecule has 0 aromatic heterocycles. The molecule has 21 heavy (non-hydrogen) atoms. The molecule has 0 bridgehead atoms. The van der Waals surface area contributed by atoms with Gasteiger partial charge in [0.15, 0.2) is 0 Å². The highest BCUT2D eigenvalue weighted by Crippen LogP contribution is 2.30. The molecule has 2 rings (SSSR count). The minimum atomic E-state index is 0.444. The Balaban J connectivity index is 2.14. The Morgan fingerprint density at radius 2 is 1.90 bits per heavy atom. The average molecular weight is 289 g/mol. The third-order valence-electron chi connectivity index (χ3n) is 5.00. The molecule has 1 N–H and O–H groups in total. The van der Waals surface area contributed by atoms with E-state index in [1.807, 2.05) is 0 Å². The van der Waals surface area contributed by atoms with Crippen LogP contribution in [0.4, 0.5) is 5.69 Å². The van der Waals surface area contributed by atoms with Crippen LogP contribution in [0.25, 0.3) is 0 Å². The Morgan fingerprint density at radius 1 is 1.24 bits per heavy atom. The lowest BCUT2D eigenvalue weighted by Crippen LogP contribution is -2.43. The van der Waals surface area contributed by atoms with Gasteiger partial charge in [0, 0.05) is 37.9 Å². The van der Waals surface area contributed by atoms with Crippen LogP contribution in [0, 0.1) is 0 Å². The van der Waals surface area contributed by atoms with E-state index in [0.29, 0.717) is 12.1 Å². The quantitative estimate of drug-likeness (QED) is 0.867. The number of nitrogens with zero attached hydrogens (tertiary/aromatic N) is 2. The normalized spacial score (nSPS) is 18.7. The van der Waals surface area contributed by atoms with Gasteiger partial charge in [-0.15, -0.1) is 0 Å². The molecule has 1 fully saturated rings. The van der Waals surface area contributed by atoms with Crippen LogP contribution in [0.15, 0.2) is 24.3 Å². The Hall–Kier alpha value is -1.06. The Labute approximate surface area is 130 Å². The number of benzene rings is 1. The molecular formula is C18H31N3. The van der Waals surface area contributed by atoms with Gasteiger partial charge in [-0.1, -0.05) is 32.0 Å². The number of anilines is 1. The molecule has 118 valence electrons. The highest BCUT2D eigenvalue weighted by molar-refractivity contribution is 5.55. The van der Waals surface area contributed by atoms with Crippen molar-refractivity contribution in [3.8, 4) is 0 Å². The van der Waals surface area contributed by atoms with E-state index in [0.717, 1.165) is 6.42 Å². The lowest BCUT2D eigenvalue weighted by Gasteiger charge is -2.38. The van der Waals surface area contributed by atoms with Crippen molar-refractivity contribution in [2.45, 2.75) is 45.2 Å². The van der Waals surface area contributed by atoms with Crippen LogP contribution in [0.1, 0.15) is 44.7 Å². The van der Waals surface area contributed by atoms with E-state index in [-0.39, 0.29) is 0 Å². The Bertz CT molecular complexity index is 420. The second-order valence-electron chi connectivity index (χ2n) is 6.08. The van der Waals surface area contributed by atoms with Crippen molar-refractivity contribution < 1.29 is 0 Å². The van der Waals surface area contributed by atoms with Gasteiger partial charge in [-0.25, -0.2) is 0 Å². The van der Waals surface area contributed by atoms with E-state index >= 15 is 0 Å². The molecule has 3 heteroatoms. The van der Waals surface area contributed by atoms with Gasteiger partial charge >= 0.3 is 0 Å². The Morgan fingerprint density at radius 3 is 2.48 bits per heavy atom. The fourth-order valence-corrected chi connectivity index (χ4v) is 3.50. The van der Waals surface area contributed by atoms with Gasteiger partial charge in [0.05, 0.1) is 0 Å². The van der Waals surface area contributed by atoms with Crippen molar-refractivity contribution in [3.05, 3.63) is 29.8 Å². The van der Waals surface area contributed by atoms with Crippen LogP contribution in [0.2, 0.25) is 0 Å². The monoisotopic (exact) mass is 289 g/mol. The van der Waals surface area contributed by atoms with Crippen LogP contribution in [0.5, 0.6) is 0 Å². The van der Waals surface area contributed by atoms with Crippen molar-refractivity contribution in [2.24, 2.45) is 0 Å². The summed E-state index contributed by atoms with van der Waals surface area (Å²) in [7, 11) is 4.33. The molecule has 0 aliphatic carbocycles. The highest BCUT2D eigenvalue weighted by Gasteiger charge is 2.24. The third kappa shape index (κ3) is 3.78. The minimum absolute atomic E-state index is 0.444. The third-order valence-corrected chi connectivity index (χ3v) is 5.00. The standard InChI is InChI=1S/C18H31N3/c1-5-17(19-3)16-9-7-8-10-18(16)20(4)15-11-13-21(6-2)14-12-15/h7-10,15,17,19H,5-6,11-14H2,1-4H3. The van der Waals surface area contributed by atoms with Gasteiger partial charge in [0.25, 0.3) is 0 Å². The fourth-order valence-electron chi connectivity index (χ4n) is 3.50. The maximum Gasteiger partial charge on any atom is 0.0414 e. The summed E-state index contributed by atoms with van der Waals surface area (Å²) in [4.78, 5) is 5.07. The predicted molar refractivity (Wildman–Crippen MR) is 92.1 cm³/mol. The predicted octanol–water partition coefficient (Wildman–Crippen LogP) is 3.28. The maximum atomic E-state index is 3.45. The molecular weight excluding hydrogens is 258 g/mol. The van der Waals surface area contributed by atoms with Crippen LogP contribution in [-0.2, 0) is 0 Å². The summed E-state index contributed by atoms with van der Waals surface area (Å²) in [5, 5.41) is 3.45. The molecule has 0 radical (unpaired) electrons. The summed E-state index contributed by atoms with van der Waals surface area (Å²) >= 11 is 0. The van der Waals surface area contributed by atoms with Gasteiger partial charge < -0.3 is 15.1 Å². The van der Waals surface area contributed by atoms with Crippen molar-refractivity contribution >= 4 is 5.69 Å². The topological polar surface area (TPSA) is 18.5 Å². The first-order valence-corrected chi connectivity index (χ1v) is 8.42. The van der Waals surface area contributed by atoms with E-state index in [9.17, 15) is 0 Å². The molecule has 1 aliphatic heterocycles. The number of piperidine rings is 1. The van der Waals surface area contributed by atoms with Gasteiger partial charge in [0.2, 0.25) is 0 Å². The zero-order valence-corrected chi connectivity index (χ0v) is 14.1. The molecule has 1 aromatic carbocycles. The summed E-state index contributed by atoms with van der Waals surface area (Å²) < 4.78 is 0. The van der Waals surface area contributed by atoms with Crippen LogP contribution >= 0.6 is 0 Å². The van der Waals surface area contributed by atoms with Gasteiger partial charge in [-0.2, -0.15) is 0 Å². The molecule has 0 spiro atoms. The molecule has 1 unspecified atom stereocenters. The first-order chi connectivity index (χ1) is 10.2. The second-order valence-corrected chi connectivity index (χ2v) is 6.08. The smallest absolute Gasteiger partial charge is 0.0414 e. The van der Waals surface area contributed by atoms with E-state index < -0.39 is 0 Å². The van der Waals surface area contributed by atoms with Gasteiger partial charge in [-0.05, 0) is 44.5 Å². The molecule has 3 nitrogen and oxygen atoms in total. The molecule has 1 atom stereocenters. The number of rotatable bonds is 6. The summed E-state index contributed by atoms with van der Waals surface area (Å²) in [6.45, 7) is 8.16. The highest BCUT2D eigenvalue weighted by atomic mass is 15.2. The SMILES string of the molecule is CCC(NC)c1ccccc1N(C)C1CCN(CC)CC1. The van der Waals surface area contributed by atoms with E-state index in [1.54, 1.807) is 0 Å². The van der Waals surface area contributed by atoms with Crippen LogP contribution < -0.4 is 10.2 Å². The maximum absolute atomic E-state index is 3.45. The number of para-hydroxylation sites is 1. The average Bonchev–Trinajstić information content (AvgIpc) is 2.56. The second kappa shape index (κ2) is 7.81. The first kappa shape index (κ1) is 16.3. The van der Waals surface area contributed by atoms with Crippen molar-refractivity contribution in [2.75, 3.05) is 38.6 Å². The molecule has 0 saturated carbocycles. The number of hydrogen-bond donors (Lipinski definition) is 1. The lowest BCUT2D eigenvalue weighted by molar-refractivity contribution is 0.220. The van der Waals surface area contributed by atoms with Gasteiger partial charge in [-0.3, -0.25) is 0 Å². The van der Waals surface area contributed by atoms with Crippen LogP contribution in [-0.4, -0.2) is 44.7 Å². The minimum Gasteiger partial charge on any atom is -0.371 e. The van der Waals surface area contributed by atoms with E-state index in [4.69, 9.17) is 0 Å². The fraction of sp³-hybridized carbons (Fsp3) is 0.667. The molecule has 1 aliphatic rings. The molecule has 0 amide bonds. The largest absolute Gasteiger partial charge is 0.371 e. The molecule has 1 heterocycles. The van der Waals surface area contributed by atoms with E-state index in [2.05, 4.69) is 67.3 Å². The van der Waals surface area contributed by atoms with Crippen molar-refractivity contribution in [1.29, 1.82) is 0 Å². The van der Waals surface area contributed by atoms with Crippen molar-refractivity contribution in [1.82, 2.24) is 10.2 Å². The Kier molecular flexibility index (Phi) is 6.07. The molecule has 1 saturated heterocycles. The zero-order chi connectivity index (χ0) is 15.2. The number of hydrogen-bond acceptors (Lipinski definition) is 3. The number of nitrogens with one attached hydrogen (secondary N) is 1. The number of likely N-dealkylation sites (tertiary alicyclic amines) is 1. The van der Waals surface area contributed by atoms with E-state index in [1.165, 1.54) is 43.7 Å². The van der Waals surface area contributed by atoms with Gasteiger partial charge in [0.1, 0.15) is 0 Å². The lowest BCUT2D eigenvalue weighted by atomic mass is 9.98. The summed E-state index contributed by atoms with van der Waals surface area (Å²) in [5.74, 6) is 0. The molecule has 1 aromatic rings. The van der Waals surface area contributed by atoms with Crippen molar-refractivity contribution in [3.63, 3.8) is 0 Å².